The van der Waals surface area contributed by atoms with Crippen LogP contribution in [0.15, 0.2) is 36.5 Å². The van der Waals surface area contributed by atoms with Crippen LogP contribution in [0, 0.1) is 0 Å². The number of carbonyl (C=O) groups is 1. The van der Waals surface area contributed by atoms with E-state index in [-0.39, 0.29) is 5.91 Å². The van der Waals surface area contributed by atoms with Crippen LogP contribution in [-0.4, -0.2) is 31.6 Å². The molecule has 0 radical (unpaired) electrons. The number of pyridine rings is 1. The Morgan fingerprint density at radius 1 is 1.28 bits per heavy atom. The molecule has 2 rings (SSSR count). The normalized spacial score (nSPS) is 10.4. The molecule has 0 spiro atoms. The van der Waals surface area contributed by atoms with Crippen LogP contribution >= 0.6 is 23.2 Å². The number of amides is 1. The quantitative estimate of drug-likeness (QED) is 0.703. The molecule has 0 aliphatic heterocycles. The minimum atomic E-state index is -0.0284. The van der Waals surface area contributed by atoms with E-state index in [1.165, 1.54) is 0 Å². The van der Waals surface area contributed by atoms with Crippen molar-refractivity contribution in [3.63, 3.8) is 0 Å². The molecule has 0 unspecified atom stereocenters. The highest BCUT2D eigenvalue weighted by Crippen LogP contribution is 2.27. The average molecular weight is 382 g/mol. The zero-order valence-corrected chi connectivity index (χ0v) is 15.8. The van der Waals surface area contributed by atoms with E-state index in [0.717, 1.165) is 11.4 Å². The molecule has 25 heavy (non-hydrogen) atoms. The second-order valence-corrected chi connectivity index (χ2v) is 6.53. The van der Waals surface area contributed by atoms with Crippen LogP contribution in [0.1, 0.15) is 18.4 Å². The zero-order chi connectivity index (χ0) is 18.2. The summed E-state index contributed by atoms with van der Waals surface area (Å²) in [6, 6.07) is 8.87. The molecule has 0 saturated carbocycles. The van der Waals surface area contributed by atoms with Crippen molar-refractivity contribution in [2.75, 3.05) is 25.6 Å². The van der Waals surface area contributed by atoms with Crippen molar-refractivity contribution in [1.29, 1.82) is 0 Å². The van der Waals surface area contributed by atoms with E-state index in [0.29, 0.717) is 41.8 Å². The molecule has 0 aliphatic carbocycles. The molecule has 0 bridgehead atoms. The first-order valence-corrected chi connectivity index (χ1v) is 8.68. The van der Waals surface area contributed by atoms with Gasteiger partial charge in [-0.05, 0) is 30.7 Å². The van der Waals surface area contributed by atoms with Crippen LogP contribution in [0.25, 0.3) is 0 Å². The number of anilines is 1. The van der Waals surface area contributed by atoms with Gasteiger partial charge in [0.1, 0.15) is 11.6 Å². The SMILES string of the molecule is CN(C)c1ncccc1CNC(=O)CCCOc1ccc(Cl)cc1Cl. The lowest BCUT2D eigenvalue weighted by Crippen LogP contribution is -2.24. The minimum absolute atomic E-state index is 0.0284. The van der Waals surface area contributed by atoms with Gasteiger partial charge in [-0.25, -0.2) is 4.98 Å². The topological polar surface area (TPSA) is 54.5 Å². The van der Waals surface area contributed by atoms with Gasteiger partial charge in [-0.3, -0.25) is 4.79 Å². The minimum Gasteiger partial charge on any atom is -0.492 e. The highest BCUT2D eigenvalue weighted by atomic mass is 35.5. The molecule has 1 amide bonds. The van der Waals surface area contributed by atoms with Crippen molar-refractivity contribution in [2.24, 2.45) is 0 Å². The fraction of sp³-hybridized carbons (Fsp3) is 0.333. The van der Waals surface area contributed by atoms with Gasteiger partial charge in [0.2, 0.25) is 5.91 Å². The van der Waals surface area contributed by atoms with Gasteiger partial charge < -0.3 is 15.0 Å². The van der Waals surface area contributed by atoms with Gasteiger partial charge in [-0.1, -0.05) is 29.3 Å². The summed E-state index contributed by atoms with van der Waals surface area (Å²) < 4.78 is 5.57. The second-order valence-electron chi connectivity index (χ2n) is 5.68. The molecule has 1 N–H and O–H groups in total. The predicted octanol–water partition coefficient (Wildman–Crippen LogP) is 3.93. The fourth-order valence-electron chi connectivity index (χ4n) is 2.26. The maximum Gasteiger partial charge on any atom is 0.220 e. The number of carbonyl (C=O) groups excluding carboxylic acids is 1. The lowest BCUT2D eigenvalue weighted by atomic mass is 10.2. The fourth-order valence-corrected chi connectivity index (χ4v) is 2.72. The van der Waals surface area contributed by atoms with Crippen molar-refractivity contribution in [2.45, 2.75) is 19.4 Å². The Morgan fingerprint density at radius 2 is 2.08 bits per heavy atom. The standard InChI is InChI=1S/C18H21Cl2N3O2/c1-23(2)18-13(5-3-9-21-18)12-22-17(24)6-4-10-25-16-8-7-14(19)11-15(16)20/h3,5,7-9,11H,4,6,10,12H2,1-2H3,(H,22,24). The molecule has 134 valence electrons. The monoisotopic (exact) mass is 381 g/mol. The van der Waals surface area contributed by atoms with Crippen LogP contribution in [0.3, 0.4) is 0 Å². The Kier molecular flexibility index (Phi) is 7.34. The first-order valence-electron chi connectivity index (χ1n) is 7.93. The molecule has 0 fully saturated rings. The van der Waals surface area contributed by atoms with E-state index >= 15 is 0 Å². The number of aromatic nitrogens is 1. The zero-order valence-electron chi connectivity index (χ0n) is 14.3. The molecule has 1 heterocycles. The van der Waals surface area contributed by atoms with Crippen molar-refractivity contribution >= 4 is 34.9 Å². The molecule has 2 aromatic rings. The number of hydrogen-bond donors (Lipinski definition) is 1. The summed E-state index contributed by atoms with van der Waals surface area (Å²) in [6.45, 7) is 0.856. The molecule has 5 nitrogen and oxygen atoms in total. The Balaban J connectivity index is 1.73. The third kappa shape index (κ3) is 6.11. The molecule has 1 aromatic heterocycles. The van der Waals surface area contributed by atoms with Crippen LogP contribution in [0.5, 0.6) is 5.75 Å². The average Bonchev–Trinajstić information content (AvgIpc) is 2.58. The molecule has 0 atom stereocenters. The Hall–Kier alpha value is -1.98. The van der Waals surface area contributed by atoms with Crippen LogP contribution < -0.4 is 15.0 Å². The van der Waals surface area contributed by atoms with Gasteiger partial charge in [0.15, 0.2) is 0 Å². The third-order valence-electron chi connectivity index (χ3n) is 3.47. The van der Waals surface area contributed by atoms with Crippen LogP contribution in [0.2, 0.25) is 10.0 Å². The molecule has 7 heteroatoms. The Bertz CT molecular complexity index is 723. The van der Waals surface area contributed by atoms with Crippen LogP contribution in [0.4, 0.5) is 5.82 Å². The number of rotatable bonds is 8. The molecule has 1 aromatic carbocycles. The molecule has 0 aliphatic rings. The van der Waals surface area contributed by atoms with Gasteiger partial charge in [-0.15, -0.1) is 0 Å². The Labute approximate surface area is 157 Å². The summed E-state index contributed by atoms with van der Waals surface area (Å²) in [6.07, 6.45) is 2.71. The van der Waals surface area contributed by atoms with Crippen molar-refractivity contribution in [3.05, 3.63) is 52.1 Å². The number of ether oxygens (including phenoxy) is 1. The second kappa shape index (κ2) is 9.49. The lowest BCUT2D eigenvalue weighted by molar-refractivity contribution is -0.121. The van der Waals surface area contributed by atoms with E-state index in [9.17, 15) is 4.79 Å². The highest BCUT2D eigenvalue weighted by molar-refractivity contribution is 6.35. The summed E-state index contributed by atoms with van der Waals surface area (Å²) in [5, 5.41) is 3.93. The summed E-state index contributed by atoms with van der Waals surface area (Å²) in [5.41, 5.74) is 0.977. The maximum atomic E-state index is 12.0. The van der Waals surface area contributed by atoms with Gasteiger partial charge in [-0.2, -0.15) is 0 Å². The van der Waals surface area contributed by atoms with Crippen molar-refractivity contribution in [1.82, 2.24) is 10.3 Å². The molecular weight excluding hydrogens is 361 g/mol. The van der Waals surface area contributed by atoms with E-state index < -0.39 is 0 Å². The van der Waals surface area contributed by atoms with Crippen molar-refractivity contribution in [3.8, 4) is 5.75 Å². The van der Waals surface area contributed by atoms with Crippen molar-refractivity contribution < 1.29 is 9.53 Å². The number of nitrogens with one attached hydrogen (secondary N) is 1. The molecule has 0 saturated heterocycles. The highest BCUT2D eigenvalue weighted by Gasteiger charge is 2.08. The number of hydrogen-bond acceptors (Lipinski definition) is 4. The number of benzene rings is 1. The summed E-state index contributed by atoms with van der Waals surface area (Å²) in [4.78, 5) is 18.2. The van der Waals surface area contributed by atoms with Gasteiger partial charge in [0, 0.05) is 43.8 Å². The number of nitrogens with zero attached hydrogens (tertiary/aromatic N) is 2. The summed E-state index contributed by atoms with van der Waals surface area (Å²) >= 11 is 11.9. The summed E-state index contributed by atoms with van der Waals surface area (Å²) in [5.74, 6) is 1.39. The first-order chi connectivity index (χ1) is 12.0. The van der Waals surface area contributed by atoms with E-state index in [4.69, 9.17) is 27.9 Å². The van der Waals surface area contributed by atoms with Gasteiger partial charge in [0.05, 0.1) is 11.6 Å². The molecular formula is C18H21Cl2N3O2. The lowest BCUT2D eigenvalue weighted by Gasteiger charge is -2.16. The van der Waals surface area contributed by atoms with E-state index in [1.54, 1.807) is 24.4 Å². The van der Waals surface area contributed by atoms with Crippen LogP contribution in [-0.2, 0) is 11.3 Å². The van der Waals surface area contributed by atoms with Gasteiger partial charge >= 0.3 is 0 Å². The predicted molar refractivity (Wildman–Crippen MR) is 102 cm³/mol. The first kappa shape index (κ1) is 19.3. The number of halogens is 2. The summed E-state index contributed by atoms with van der Waals surface area (Å²) in [7, 11) is 3.85. The largest absolute Gasteiger partial charge is 0.492 e. The van der Waals surface area contributed by atoms with E-state index in [2.05, 4.69) is 10.3 Å². The van der Waals surface area contributed by atoms with E-state index in [1.807, 2.05) is 31.1 Å². The third-order valence-corrected chi connectivity index (χ3v) is 4.00. The maximum absolute atomic E-state index is 12.0. The smallest absolute Gasteiger partial charge is 0.220 e. The van der Waals surface area contributed by atoms with Gasteiger partial charge in [0.25, 0.3) is 0 Å². The Morgan fingerprint density at radius 3 is 2.80 bits per heavy atom.